The molecule has 3 rings (SSSR count). The minimum Gasteiger partial charge on any atom is -0.480 e. The Morgan fingerprint density at radius 3 is 2.70 bits per heavy atom. The lowest BCUT2D eigenvalue weighted by Gasteiger charge is -2.25. The van der Waals surface area contributed by atoms with Gasteiger partial charge in [-0.2, -0.15) is 9.97 Å². The van der Waals surface area contributed by atoms with Crippen molar-refractivity contribution in [3.8, 4) is 0 Å². The Morgan fingerprint density at radius 1 is 1.38 bits per heavy atom. The number of carboxylic acid groups (broad SMARTS) is 1. The Bertz CT molecular complexity index is 1190. The molecular formula is C19H27ClFN6O9P. The van der Waals surface area contributed by atoms with Crippen molar-refractivity contribution in [2.24, 2.45) is 5.92 Å². The monoisotopic (exact) mass is 568 g/mol. The van der Waals surface area contributed by atoms with E-state index >= 15 is 4.39 Å². The van der Waals surface area contributed by atoms with Crippen LogP contribution in [-0.2, 0) is 32.7 Å². The van der Waals surface area contributed by atoms with Crippen LogP contribution in [0.3, 0.4) is 0 Å². The van der Waals surface area contributed by atoms with Gasteiger partial charge in [-0.05, 0) is 23.9 Å². The second-order valence-electron chi connectivity index (χ2n) is 8.49. The molecule has 1 unspecified atom stereocenters. The van der Waals surface area contributed by atoms with Gasteiger partial charge in [0.15, 0.2) is 30.5 Å². The van der Waals surface area contributed by atoms with Crippen LogP contribution in [0, 0.1) is 5.92 Å². The molecule has 0 spiro atoms. The molecule has 0 saturated carbocycles. The van der Waals surface area contributed by atoms with Crippen LogP contribution in [0.25, 0.3) is 11.2 Å². The second-order valence-corrected chi connectivity index (χ2v) is 10.6. The number of methoxy groups -OCH3 is 1. The Labute approximate surface area is 215 Å². The van der Waals surface area contributed by atoms with E-state index in [1.807, 2.05) is 0 Å². The third-order valence-corrected chi connectivity index (χ3v) is 7.05. The maximum absolute atomic E-state index is 15.1. The average Bonchev–Trinajstić information content (AvgIpc) is 3.36. The van der Waals surface area contributed by atoms with Crippen molar-refractivity contribution in [2.45, 2.75) is 50.9 Å². The highest BCUT2D eigenvalue weighted by molar-refractivity contribution is 7.51. The summed E-state index contributed by atoms with van der Waals surface area (Å²) in [6, 6.07) is -1.37. The number of aliphatic hydroxyl groups excluding tert-OH is 1. The van der Waals surface area contributed by atoms with Crippen LogP contribution >= 0.6 is 19.3 Å². The minimum atomic E-state index is -4.50. The number of aromatic nitrogens is 4. The topological polar surface area (TPSA) is 210 Å². The molecule has 18 heteroatoms. The zero-order chi connectivity index (χ0) is 27.5. The standard InChI is InChI=1S/C19H27ClFN6O9P/c1-8(2)4-9(18(30)31)26-37(32,35-6-11(28)33-3)34-5-10-14(29)12(21)17(36-10)27-7-23-13-15(22)24-19(20)25-16(13)27/h7-10,12,14,17,29H,4-6H2,1-3H3,(H,26,32)(H,30,31)(H2,22,24,25)/t9-,10+,12-,14+,17+,37?/m0/s1. The fourth-order valence-corrected chi connectivity index (χ4v) is 5.12. The number of nitrogen functional groups attached to an aromatic ring is 1. The first-order chi connectivity index (χ1) is 17.3. The van der Waals surface area contributed by atoms with E-state index in [4.69, 9.17) is 31.1 Å². The van der Waals surface area contributed by atoms with E-state index in [1.165, 1.54) is 6.33 Å². The number of fused-ring (bicyclic) bond motifs is 1. The van der Waals surface area contributed by atoms with Gasteiger partial charge in [0.1, 0.15) is 23.8 Å². The second kappa shape index (κ2) is 11.9. The highest BCUT2D eigenvalue weighted by atomic mass is 35.5. The number of ether oxygens (including phenoxy) is 2. The number of nitrogens with zero attached hydrogens (tertiary/aromatic N) is 4. The maximum atomic E-state index is 15.1. The Hall–Kier alpha value is -2.46. The Morgan fingerprint density at radius 2 is 2.08 bits per heavy atom. The van der Waals surface area contributed by atoms with Crippen molar-refractivity contribution in [1.82, 2.24) is 24.6 Å². The molecule has 0 aromatic carbocycles. The number of nitrogens with one attached hydrogen (secondary N) is 1. The van der Waals surface area contributed by atoms with E-state index in [0.29, 0.717) is 0 Å². The third kappa shape index (κ3) is 6.90. The molecule has 1 saturated heterocycles. The molecule has 5 N–H and O–H groups in total. The summed E-state index contributed by atoms with van der Waals surface area (Å²) in [5.41, 5.74) is 5.94. The van der Waals surface area contributed by atoms with Gasteiger partial charge < -0.3 is 25.4 Å². The lowest BCUT2D eigenvalue weighted by molar-refractivity contribution is -0.143. The summed E-state index contributed by atoms with van der Waals surface area (Å²) in [5, 5.41) is 22.0. The number of hydrogen-bond acceptors (Lipinski definition) is 12. The van der Waals surface area contributed by atoms with E-state index in [-0.39, 0.29) is 34.6 Å². The predicted octanol–water partition coefficient (Wildman–Crippen LogP) is 1.06. The van der Waals surface area contributed by atoms with Crippen LogP contribution in [0.2, 0.25) is 5.28 Å². The molecule has 2 aromatic heterocycles. The predicted molar refractivity (Wildman–Crippen MR) is 125 cm³/mol. The number of carbonyl (C=O) groups is 2. The molecule has 0 radical (unpaired) electrons. The molecule has 0 aliphatic carbocycles. The SMILES string of the molecule is COC(=O)COP(=O)(N[C@@H](CC(C)C)C(=O)O)OC[C@H]1O[C@@H](n2cnc3c(N)nc(Cl)nc32)[C@@H](F)[C@@H]1O. The smallest absolute Gasteiger partial charge is 0.406 e. The van der Waals surface area contributed by atoms with Crippen LogP contribution < -0.4 is 10.8 Å². The summed E-state index contributed by atoms with van der Waals surface area (Å²) in [6.07, 6.45) is -5.40. The zero-order valence-corrected chi connectivity index (χ0v) is 21.6. The van der Waals surface area contributed by atoms with Crippen LogP contribution in [0.4, 0.5) is 10.2 Å². The number of aliphatic hydroxyl groups is 1. The minimum absolute atomic E-state index is 0.0443. The fraction of sp³-hybridized carbons (Fsp3) is 0.632. The number of imidazole rings is 1. The van der Waals surface area contributed by atoms with Gasteiger partial charge >= 0.3 is 19.7 Å². The molecule has 0 amide bonds. The summed E-state index contributed by atoms with van der Waals surface area (Å²) in [4.78, 5) is 34.9. The van der Waals surface area contributed by atoms with Crippen LogP contribution in [-0.4, -0.2) is 86.4 Å². The molecule has 0 bridgehead atoms. The molecule has 1 fully saturated rings. The number of hydrogen-bond donors (Lipinski definition) is 4. The summed E-state index contributed by atoms with van der Waals surface area (Å²) in [6.45, 7) is 1.95. The number of halogens is 2. The molecule has 37 heavy (non-hydrogen) atoms. The van der Waals surface area contributed by atoms with Crippen molar-refractivity contribution < 1.29 is 47.3 Å². The largest absolute Gasteiger partial charge is 0.480 e. The van der Waals surface area contributed by atoms with Gasteiger partial charge in [0.2, 0.25) is 5.28 Å². The fourth-order valence-electron chi connectivity index (χ4n) is 3.51. The van der Waals surface area contributed by atoms with Crippen molar-refractivity contribution in [2.75, 3.05) is 26.1 Å². The van der Waals surface area contributed by atoms with Gasteiger partial charge in [0.25, 0.3) is 0 Å². The van der Waals surface area contributed by atoms with E-state index in [0.717, 1.165) is 11.7 Å². The molecule has 6 atom stereocenters. The molecule has 2 aromatic rings. The number of rotatable bonds is 12. The Balaban J connectivity index is 1.78. The van der Waals surface area contributed by atoms with Gasteiger partial charge in [-0.3, -0.25) is 18.4 Å². The first kappa shape index (κ1) is 29.1. The normalized spacial score (nSPS) is 24.3. The number of alkyl halides is 1. The first-order valence-electron chi connectivity index (χ1n) is 10.9. The Kier molecular flexibility index (Phi) is 9.39. The van der Waals surface area contributed by atoms with E-state index < -0.39 is 63.5 Å². The molecule has 15 nitrogen and oxygen atoms in total. The van der Waals surface area contributed by atoms with Gasteiger partial charge in [0.05, 0.1) is 20.0 Å². The van der Waals surface area contributed by atoms with Crippen molar-refractivity contribution >= 4 is 48.3 Å². The summed E-state index contributed by atoms with van der Waals surface area (Å²) in [7, 11) is -3.43. The lowest BCUT2D eigenvalue weighted by atomic mass is 10.1. The van der Waals surface area contributed by atoms with Crippen LogP contribution in [0.15, 0.2) is 6.33 Å². The summed E-state index contributed by atoms with van der Waals surface area (Å²) < 4.78 is 49.9. The van der Waals surface area contributed by atoms with Crippen molar-refractivity contribution in [1.29, 1.82) is 0 Å². The number of carboxylic acids is 1. The number of carbonyl (C=O) groups excluding carboxylic acids is 1. The van der Waals surface area contributed by atoms with Gasteiger partial charge in [0, 0.05) is 0 Å². The van der Waals surface area contributed by atoms with Crippen LogP contribution in [0.1, 0.15) is 26.5 Å². The number of anilines is 1. The zero-order valence-electron chi connectivity index (χ0n) is 20.0. The quantitative estimate of drug-likeness (QED) is 0.160. The highest BCUT2D eigenvalue weighted by Crippen LogP contribution is 2.46. The molecule has 3 heterocycles. The average molecular weight is 569 g/mol. The number of aliphatic carboxylic acids is 1. The summed E-state index contributed by atoms with van der Waals surface area (Å²) in [5.74, 6) is -2.42. The van der Waals surface area contributed by atoms with E-state index in [2.05, 4.69) is 24.8 Å². The van der Waals surface area contributed by atoms with Crippen molar-refractivity contribution in [3.05, 3.63) is 11.6 Å². The number of nitrogens with two attached hydrogens (primary N) is 1. The van der Waals surface area contributed by atoms with Crippen molar-refractivity contribution in [3.63, 3.8) is 0 Å². The van der Waals surface area contributed by atoms with Gasteiger partial charge in [-0.1, -0.05) is 13.8 Å². The molecule has 206 valence electrons. The van der Waals surface area contributed by atoms with E-state index in [9.17, 15) is 24.4 Å². The summed E-state index contributed by atoms with van der Waals surface area (Å²) >= 11 is 5.84. The van der Waals surface area contributed by atoms with Crippen LogP contribution in [0.5, 0.6) is 0 Å². The third-order valence-electron chi connectivity index (χ3n) is 5.30. The molecule has 1 aliphatic rings. The molecule has 1 aliphatic heterocycles. The van der Waals surface area contributed by atoms with Gasteiger partial charge in [-0.25, -0.2) is 23.8 Å². The lowest BCUT2D eigenvalue weighted by Crippen LogP contribution is -2.38. The highest BCUT2D eigenvalue weighted by Gasteiger charge is 2.47. The number of esters is 1. The first-order valence-corrected chi connectivity index (χ1v) is 12.9. The van der Waals surface area contributed by atoms with Gasteiger partial charge in [-0.15, -0.1) is 0 Å². The van der Waals surface area contributed by atoms with E-state index in [1.54, 1.807) is 13.8 Å². The maximum Gasteiger partial charge on any atom is 0.406 e. The molecular weight excluding hydrogens is 542 g/mol.